The van der Waals surface area contributed by atoms with Crippen molar-refractivity contribution in [2.75, 3.05) is 84.5 Å². The molecule has 0 bridgehead atoms. The highest BCUT2D eigenvalue weighted by Crippen LogP contribution is 2.38. The van der Waals surface area contributed by atoms with Gasteiger partial charge in [0.25, 0.3) is 11.8 Å². The standard InChI is InChI=1S/C48H54N10O13/c59-39-15-14-38(45(61)51-39)58-46(62)34-9-5-11-36(41(34)48(58)64)49-16-19-66-21-23-68-25-27-70-28-26-69-24-22-67-20-17-56-29-31(52-55-56)30-57-37-12-4-2-8-33(37)42(47(57)63)44-43(32-7-1-3-10-35(32)50-44)54-71-18-6-13-40(60)53-65/h1-5,7-12,29,38,49,63,65H,6,13-28,30H2,(H,53,60)(H,51,59,61). The molecule has 0 saturated carbocycles. The second-order valence-corrected chi connectivity index (χ2v) is 16.3. The Labute approximate surface area is 406 Å². The number of oxime groups is 1. The molecule has 2 aromatic heterocycles. The Hall–Kier alpha value is -7.41. The maximum Gasteiger partial charge on any atom is 0.264 e. The molecule has 5 N–H and O–H groups in total. The fourth-order valence-corrected chi connectivity index (χ4v) is 8.23. The summed E-state index contributed by atoms with van der Waals surface area (Å²) in [6.45, 7) is 4.89. The Morgan fingerprint density at radius 3 is 2.23 bits per heavy atom. The lowest BCUT2D eigenvalue weighted by atomic mass is 10.0. The van der Waals surface area contributed by atoms with Crippen LogP contribution >= 0.6 is 0 Å². The summed E-state index contributed by atoms with van der Waals surface area (Å²) in [7, 11) is 0. The van der Waals surface area contributed by atoms with Gasteiger partial charge in [-0.15, -0.1) is 5.10 Å². The predicted octanol–water partition coefficient (Wildman–Crippen LogP) is 2.72. The first kappa shape index (κ1) is 50.0. The van der Waals surface area contributed by atoms with E-state index < -0.39 is 35.6 Å². The van der Waals surface area contributed by atoms with E-state index in [9.17, 15) is 29.1 Å². The third-order valence-corrected chi connectivity index (χ3v) is 11.6. The second kappa shape index (κ2) is 24.4. The number of fused-ring (bicyclic) bond motifs is 3. The van der Waals surface area contributed by atoms with Crippen molar-refractivity contribution in [3.05, 3.63) is 101 Å². The number of aromatic nitrogens is 4. The van der Waals surface area contributed by atoms with Crippen LogP contribution in [0.25, 0.3) is 10.9 Å². The summed E-state index contributed by atoms with van der Waals surface area (Å²) in [6, 6.07) is 18.9. The molecule has 3 aromatic carbocycles. The summed E-state index contributed by atoms with van der Waals surface area (Å²) in [4.78, 5) is 73.0. The number of carbonyl (C=O) groups excluding carboxylic acids is 5. The molecular weight excluding hydrogens is 925 g/mol. The highest BCUT2D eigenvalue weighted by Gasteiger charge is 2.45. The van der Waals surface area contributed by atoms with E-state index in [2.05, 4.69) is 26.1 Å². The van der Waals surface area contributed by atoms with Crippen molar-refractivity contribution in [1.29, 1.82) is 0 Å². The van der Waals surface area contributed by atoms with Crippen molar-refractivity contribution >= 4 is 63.2 Å². The largest absolute Gasteiger partial charge is 0.494 e. The van der Waals surface area contributed by atoms with Crippen molar-refractivity contribution in [3.63, 3.8) is 0 Å². The van der Waals surface area contributed by atoms with Crippen molar-refractivity contribution in [1.82, 2.24) is 35.3 Å². The molecule has 1 atom stereocenters. The van der Waals surface area contributed by atoms with E-state index in [0.717, 1.165) is 21.4 Å². The Morgan fingerprint density at radius 1 is 0.789 bits per heavy atom. The van der Waals surface area contributed by atoms with Crippen LogP contribution in [0.3, 0.4) is 0 Å². The van der Waals surface area contributed by atoms with Crippen LogP contribution in [0.1, 0.15) is 63.2 Å². The summed E-state index contributed by atoms with van der Waals surface area (Å²) in [5.74, 6) is -2.76. The Balaban J connectivity index is 0.673. The lowest BCUT2D eigenvalue weighted by molar-refractivity contribution is -0.136. The van der Waals surface area contributed by atoms with E-state index >= 15 is 0 Å². The maximum atomic E-state index is 13.2. The quantitative estimate of drug-likeness (QED) is 0.0209. The molecular formula is C48H54N10O13. The Morgan fingerprint density at radius 2 is 1.48 bits per heavy atom. The minimum Gasteiger partial charge on any atom is -0.494 e. The van der Waals surface area contributed by atoms with Gasteiger partial charge in [-0.3, -0.25) is 39.4 Å². The van der Waals surface area contributed by atoms with Gasteiger partial charge in [0.05, 0.1) is 113 Å². The summed E-state index contributed by atoms with van der Waals surface area (Å²) in [5.41, 5.74) is 6.64. The number of amides is 5. The van der Waals surface area contributed by atoms with Gasteiger partial charge in [0.15, 0.2) is 0 Å². The van der Waals surface area contributed by atoms with Crippen LogP contribution in [0.2, 0.25) is 0 Å². The number of hydrogen-bond donors (Lipinski definition) is 5. The number of benzene rings is 3. The SMILES string of the molecule is O=C(CCCON=C1C(c2c(O)n(Cc3cn(CCOCCOCCOCCOCCOCCNc4cccc5c4C(=O)N(C4CCC(=O)NC4=O)C5=O)nn3)c3ccccc23)=Nc2ccccc21)NO. The van der Waals surface area contributed by atoms with Gasteiger partial charge in [-0.2, -0.15) is 0 Å². The average Bonchev–Trinajstić information content (AvgIpc) is 4.12. The van der Waals surface area contributed by atoms with Crippen LogP contribution < -0.4 is 16.1 Å². The van der Waals surface area contributed by atoms with Crippen LogP contribution in [0.5, 0.6) is 5.88 Å². The van der Waals surface area contributed by atoms with E-state index in [1.807, 2.05) is 48.5 Å². The molecule has 5 heterocycles. The minimum absolute atomic E-state index is 0.0221. The third kappa shape index (κ3) is 12.1. The van der Waals surface area contributed by atoms with Crippen molar-refractivity contribution in [2.24, 2.45) is 10.1 Å². The van der Waals surface area contributed by atoms with Gasteiger partial charge < -0.3 is 43.5 Å². The number of aromatic hydroxyl groups is 1. The summed E-state index contributed by atoms with van der Waals surface area (Å²) < 4.78 is 31.5. The zero-order valence-electron chi connectivity index (χ0n) is 38.7. The van der Waals surface area contributed by atoms with Crippen molar-refractivity contribution in [3.8, 4) is 5.88 Å². The molecule has 3 aliphatic heterocycles. The summed E-state index contributed by atoms with van der Waals surface area (Å²) in [6.07, 6.45) is 2.35. The average molecular weight is 979 g/mol. The monoisotopic (exact) mass is 978 g/mol. The molecule has 374 valence electrons. The lowest BCUT2D eigenvalue weighted by Gasteiger charge is -2.27. The minimum atomic E-state index is -1.03. The smallest absolute Gasteiger partial charge is 0.264 e. The van der Waals surface area contributed by atoms with Gasteiger partial charge >= 0.3 is 0 Å². The van der Waals surface area contributed by atoms with Crippen LogP contribution in [0.15, 0.2) is 83.1 Å². The van der Waals surface area contributed by atoms with Gasteiger partial charge in [0.2, 0.25) is 23.6 Å². The number of nitrogens with one attached hydrogen (secondary N) is 3. The highest BCUT2D eigenvalue weighted by molar-refractivity contribution is 6.58. The van der Waals surface area contributed by atoms with Crippen molar-refractivity contribution in [2.45, 2.75) is 44.8 Å². The second-order valence-electron chi connectivity index (χ2n) is 16.3. The Bertz CT molecular complexity index is 2790. The molecule has 23 nitrogen and oxygen atoms in total. The van der Waals surface area contributed by atoms with E-state index in [4.69, 9.17) is 38.7 Å². The van der Waals surface area contributed by atoms with Gasteiger partial charge in [0, 0.05) is 36.0 Å². The lowest BCUT2D eigenvalue weighted by Crippen LogP contribution is -2.54. The van der Waals surface area contributed by atoms with Crippen LogP contribution in [0.4, 0.5) is 11.4 Å². The number of anilines is 1. The first-order valence-electron chi connectivity index (χ1n) is 23.2. The number of nitrogens with zero attached hydrogens (tertiary/aromatic N) is 7. The van der Waals surface area contributed by atoms with E-state index in [-0.39, 0.29) is 49.4 Å². The third-order valence-electron chi connectivity index (χ3n) is 11.6. The first-order chi connectivity index (χ1) is 34.7. The zero-order valence-corrected chi connectivity index (χ0v) is 38.7. The fraction of sp³-hybridized carbons (Fsp3) is 0.396. The molecule has 8 rings (SSSR count). The van der Waals surface area contributed by atoms with E-state index in [0.29, 0.717) is 120 Å². The topological polar surface area (TPSA) is 281 Å². The molecule has 1 unspecified atom stereocenters. The number of para-hydroxylation sites is 2. The number of aliphatic imine (C=N–C) groups is 1. The van der Waals surface area contributed by atoms with Gasteiger partial charge in [0.1, 0.15) is 29.8 Å². The Kier molecular flexibility index (Phi) is 17.2. The molecule has 1 fully saturated rings. The molecule has 71 heavy (non-hydrogen) atoms. The van der Waals surface area contributed by atoms with Gasteiger partial charge in [-0.1, -0.05) is 52.8 Å². The highest BCUT2D eigenvalue weighted by atomic mass is 16.6. The number of carbonyl (C=O) groups is 5. The molecule has 5 aromatic rings. The number of piperidine rings is 1. The normalized spacial score (nSPS) is 15.9. The molecule has 0 radical (unpaired) electrons. The molecule has 23 heteroatoms. The molecule has 0 aliphatic carbocycles. The number of hydroxylamine groups is 1. The number of ether oxygens (including phenoxy) is 5. The number of rotatable bonds is 28. The van der Waals surface area contributed by atoms with Gasteiger partial charge in [-0.05, 0) is 37.1 Å². The maximum absolute atomic E-state index is 13.2. The number of imide groups is 2. The summed E-state index contributed by atoms with van der Waals surface area (Å²) in [5, 5.41) is 39.6. The predicted molar refractivity (Wildman–Crippen MR) is 253 cm³/mol. The first-order valence-corrected chi connectivity index (χ1v) is 23.2. The summed E-state index contributed by atoms with van der Waals surface area (Å²) >= 11 is 0. The molecule has 0 spiro atoms. The van der Waals surface area contributed by atoms with E-state index in [1.165, 1.54) is 0 Å². The fourth-order valence-electron chi connectivity index (χ4n) is 8.23. The van der Waals surface area contributed by atoms with Crippen LogP contribution in [-0.2, 0) is 56.0 Å². The molecule has 3 aliphatic rings. The van der Waals surface area contributed by atoms with Crippen LogP contribution in [0, 0.1) is 0 Å². The zero-order chi connectivity index (χ0) is 49.5. The number of hydrogen-bond acceptors (Lipinski definition) is 18. The molecule has 5 amide bonds. The molecule has 1 saturated heterocycles. The van der Waals surface area contributed by atoms with Crippen LogP contribution in [-0.4, -0.2) is 161 Å². The van der Waals surface area contributed by atoms with E-state index in [1.54, 1.807) is 39.1 Å². The van der Waals surface area contributed by atoms with Gasteiger partial charge in [-0.25, -0.2) is 15.2 Å². The van der Waals surface area contributed by atoms with Crippen molar-refractivity contribution < 1.29 is 62.8 Å².